The van der Waals surface area contributed by atoms with E-state index >= 15 is 0 Å². The van der Waals surface area contributed by atoms with Gasteiger partial charge in [0, 0.05) is 22.0 Å². The number of pyridine rings is 1. The van der Waals surface area contributed by atoms with Crippen LogP contribution in [0.4, 0.5) is 4.39 Å². The normalized spacial score (nSPS) is 18.9. The Labute approximate surface area is 128 Å². The van der Waals surface area contributed by atoms with Crippen LogP contribution in [0.1, 0.15) is 30.0 Å². The molecular weight excluding hydrogens is 339 g/mol. The number of hydrogen-bond donors (Lipinski definition) is 1. The van der Waals surface area contributed by atoms with Crippen molar-refractivity contribution < 1.29 is 14.0 Å². The molecule has 1 aliphatic rings. The van der Waals surface area contributed by atoms with Gasteiger partial charge >= 0.3 is 0 Å². The van der Waals surface area contributed by atoms with Crippen LogP contribution in [0.2, 0.25) is 0 Å². The summed E-state index contributed by atoms with van der Waals surface area (Å²) in [6.07, 6.45) is 0.716. The molecule has 0 bridgehead atoms. The predicted molar refractivity (Wildman–Crippen MR) is 79.3 cm³/mol. The number of halogens is 2. The highest BCUT2D eigenvalue weighted by atomic mass is 79.9. The van der Waals surface area contributed by atoms with E-state index in [1.807, 2.05) is 0 Å². The summed E-state index contributed by atoms with van der Waals surface area (Å²) in [5.41, 5.74) is 1.89. The minimum absolute atomic E-state index is 0.266. The van der Waals surface area contributed by atoms with Gasteiger partial charge in [-0.1, -0.05) is 15.9 Å². The zero-order valence-electron chi connectivity index (χ0n) is 11.2. The number of amides is 2. The Kier molecular flexibility index (Phi) is 3.49. The Bertz CT molecular complexity index is 776. The SMILES string of the molecule is Cc1nc2cc(Br)cc(F)c2cc1C1CCC(=O)NC1=O. The largest absolute Gasteiger partial charge is 0.296 e. The molecule has 0 saturated carbocycles. The molecular formula is C15H12BrFN2O2. The maximum Gasteiger partial charge on any atom is 0.234 e. The van der Waals surface area contributed by atoms with E-state index in [-0.39, 0.29) is 24.1 Å². The lowest BCUT2D eigenvalue weighted by Gasteiger charge is -2.22. The van der Waals surface area contributed by atoms with Crippen molar-refractivity contribution in [2.75, 3.05) is 0 Å². The molecule has 1 N–H and O–H groups in total. The third-order valence-electron chi connectivity index (χ3n) is 3.69. The van der Waals surface area contributed by atoms with Crippen molar-refractivity contribution in [3.63, 3.8) is 0 Å². The van der Waals surface area contributed by atoms with E-state index in [0.717, 1.165) is 0 Å². The Morgan fingerprint density at radius 3 is 2.81 bits per heavy atom. The van der Waals surface area contributed by atoms with Crippen LogP contribution >= 0.6 is 15.9 Å². The number of hydrogen-bond acceptors (Lipinski definition) is 3. The van der Waals surface area contributed by atoms with Crippen molar-refractivity contribution in [1.82, 2.24) is 10.3 Å². The van der Waals surface area contributed by atoms with Crippen LogP contribution in [0.15, 0.2) is 22.7 Å². The minimum atomic E-state index is -0.456. The molecule has 6 heteroatoms. The maximum atomic E-state index is 14.1. The van der Waals surface area contributed by atoms with E-state index in [0.29, 0.717) is 33.1 Å². The van der Waals surface area contributed by atoms with Crippen LogP contribution in [0.3, 0.4) is 0 Å². The molecule has 108 valence electrons. The van der Waals surface area contributed by atoms with Gasteiger partial charge in [0.05, 0.1) is 11.4 Å². The van der Waals surface area contributed by atoms with Crippen LogP contribution < -0.4 is 5.32 Å². The number of fused-ring (bicyclic) bond motifs is 1. The first kappa shape index (κ1) is 14.1. The van der Waals surface area contributed by atoms with Crippen LogP contribution in [0, 0.1) is 12.7 Å². The summed E-state index contributed by atoms with van der Waals surface area (Å²) in [6, 6.07) is 4.77. The van der Waals surface area contributed by atoms with Crippen LogP contribution in [-0.4, -0.2) is 16.8 Å². The number of benzene rings is 1. The van der Waals surface area contributed by atoms with E-state index in [1.165, 1.54) is 6.07 Å². The highest BCUT2D eigenvalue weighted by molar-refractivity contribution is 9.10. The van der Waals surface area contributed by atoms with E-state index in [2.05, 4.69) is 26.2 Å². The average molecular weight is 351 g/mol. The first-order valence-electron chi connectivity index (χ1n) is 6.55. The molecule has 21 heavy (non-hydrogen) atoms. The highest BCUT2D eigenvalue weighted by Crippen LogP contribution is 2.31. The molecule has 2 heterocycles. The van der Waals surface area contributed by atoms with Gasteiger partial charge in [0.15, 0.2) is 0 Å². The smallest absolute Gasteiger partial charge is 0.234 e. The third-order valence-corrected chi connectivity index (χ3v) is 4.15. The Hall–Kier alpha value is -1.82. The fraction of sp³-hybridized carbons (Fsp3) is 0.267. The summed E-state index contributed by atoms with van der Waals surface area (Å²) in [4.78, 5) is 27.6. The highest BCUT2D eigenvalue weighted by Gasteiger charge is 2.29. The van der Waals surface area contributed by atoms with Gasteiger partial charge in [-0.05, 0) is 37.1 Å². The van der Waals surface area contributed by atoms with Crippen molar-refractivity contribution in [3.05, 3.63) is 39.7 Å². The lowest BCUT2D eigenvalue weighted by molar-refractivity contribution is -0.134. The van der Waals surface area contributed by atoms with E-state index < -0.39 is 5.92 Å². The van der Waals surface area contributed by atoms with Gasteiger partial charge in [-0.15, -0.1) is 0 Å². The number of nitrogens with one attached hydrogen (secondary N) is 1. The molecule has 1 aromatic carbocycles. The maximum absolute atomic E-state index is 14.1. The number of nitrogens with zero attached hydrogens (tertiary/aromatic N) is 1. The Morgan fingerprint density at radius 2 is 2.10 bits per heavy atom. The average Bonchev–Trinajstić information content (AvgIpc) is 2.38. The number of carbonyl (C=O) groups is 2. The lowest BCUT2D eigenvalue weighted by atomic mass is 9.89. The van der Waals surface area contributed by atoms with Crippen molar-refractivity contribution in [1.29, 1.82) is 0 Å². The fourth-order valence-corrected chi connectivity index (χ4v) is 3.07. The predicted octanol–water partition coefficient (Wildman–Crippen LogP) is 2.97. The molecule has 0 spiro atoms. The molecule has 1 saturated heterocycles. The number of aryl methyl sites for hydroxylation is 1. The molecule has 1 unspecified atom stereocenters. The van der Waals surface area contributed by atoms with Crippen molar-refractivity contribution in [2.45, 2.75) is 25.7 Å². The number of imide groups is 1. The summed E-state index contributed by atoms with van der Waals surface area (Å²) in [5, 5.41) is 2.70. The van der Waals surface area contributed by atoms with Crippen molar-refractivity contribution >= 4 is 38.6 Å². The van der Waals surface area contributed by atoms with Crippen molar-refractivity contribution in [2.24, 2.45) is 0 Å². The zero-order chi connectivity index (χ0) is 15.1. The van der Waals surface area contributed by atoms with Gasteiger partial charge in [-0.2, -0.15) is 0 Å². The topological polar surface area (TPSA) is 59.1 Å². The minimum Gasteiger partial charge on any atom is -0.296 e. The second-order valence-electron chi connectivity index (χ2n) is 5.12. The monoisotopic (exact) mass is 350 g/mol. The van der Waals surface area contributed by atoms with Gasteiger partial charge in [0.25, 0.3) is 0 Å². The molecule has 4 nitrogen and oxygen atoms in total. The molecule has 2 aromatic rings. The number of piperidine rings is 1. The van der Waals surface area contributed by atoms with Gasteiger partial charge < -0.3 is 0 Å². The van der Waals surface area contributed by atoms with Gasteiger partial charge in [0.2, 0.25) is 11.8 Å². The Balaban J connectivity index is 2.13. The van der Waals surface area contributed by atoms with E-state index in [1.54, 1.807) is 19.1 Å². The summed E-state index contributed by atoms with van der Waals surface area (Å²) in [5.74, 6) is -1.45. The molecule has 3 rings (SSSR count). The standard InChI is InChI=1S/C15H12BrFN2O2/c1-7-10(9-2-3-14(20)19-15(9)21)6-11-12(17)4-8(16)5-13(11)18-7/h4-6,9H,2-3H2,1H3,(H,19,20,21). The molecule has 1 atom stereocenters. The van der Waals surface area contributed by atoms with E-state index in [4.69, 9.17) is 0 Å². The molecule has 1 fully saturated rings. The van der Waals surface area contributed by atoms with Gasteiger partial charge in [0.1, 0.15) is 5.82 Å². The second-order valence-corrected chi connectivity index (χ2v) is 6.04. The summed E-state index contributed by atoms with van der Waals surface area (Å²) in [6.45, 7) is 1.79. The van der Waals surface area contributed by atoms with E-state index in [9.17, 15) is 14.0 Å². The third kappa shape index (κ3) is 2.55. The number of carbonyl (C=O) groups excluding carboxylic acids is 2. The number of aromatic nitrogens is 1. The Morgan fingerprint density at radius 1 is 1.33 bits per heavy atom. The van der Waals surface area contributed by atoms with Gasteiger partial charge in [-0.3, -0.25) is 19.9 Å². The quantitative estimate of drug-likeness (QED) is 0.804. The van der Waals surface area contributed by atoms with Crippen LogP contribution in [0.25, 0.3) is 10.9 Å². The fourth-order valence-electron chi connectivity index (χ4n) is 2.65. The molecule has 0 aliphatic carbocycles. The molecule has 1 aliphatic heterocycles. The summed E-state index contributed by atoms with van der Waals surface area (Å²) >= 11 is 3.24. The lowest BCUT2D eigenvalue weighted by Crippen LogP contribution is -2.39. The van der Waals surface area contributed by atoms with Crippen LogP contribution in [0.5, 0.6) is 0 Å². The van der Waals surface area contributed by atoms with Gasteiger partial charge in [-0.25, -0.2) is 4.39 Å². The molecule has 2 amide bonds. The molecule has 0 radical (unpaired) electrons. The number of rotatable bonds is 1. The summed E-state index contributed by atoms with van der Waals surface area (Å²) in [7, 11) is 0. The first-order chi connectivity index (χ1) is 9.95. The summed E-state index contributed by atoms with van der Waals surface area (Å²) < 4.78 is 14.7. The van der Waals surface area contributed by atoms with Crippen molar-refractivity contribution in [3.8, 4) is 0 Å². The molecule has 1 aromatic heterocycles. The van der Waals surface area contributed by atoms with Crippen LogP contribution in [-0.2, 0) is 9.59 Å². The second kappa shape index (κ2) is 5.18. The first-order valence-corrected chi connectivity index (χ1v) is 7.35. The zero-order valence-corrected chi connectivity index (χ0v) is 12.8.